The fraction of sp³-hybridized carbons (Fsp3) is 0. The van der Waals surface area contributed by atoms with Crippen molar-refractivity contribution in [2.24, 2.45) is 0 Å². The van der Waals surface area contributed by atoms with Gasteiger partial charge in [0.1, 0.15) is 11.4 Å². The van der Waals surface area contributed by atoms with Crippen LogP contribution in [0.4, 0.5) is 0 Å². The van der Waals surface area contributed by atoms with Crippen LogP contribution in [0.25, 0.3) is 49.9 Å². The highest BCUT2D eigenvalue weighted by Crippen LogP contribution is 2.34. The van der Waals surface area contributed by atoms with Crippen LogP contribution in [0.3, 0.4) is 0 Å². The molecule has 0 N–H and O–H groups in total. The Morgan fingerprint density at radius 2 is 1.54 bits per heavy atom. The molecule has 0 amide bonds. The second-order valence-corrected chi connectivity index (χ2v) is 6.93. The van der Waals surface area contributed by atoms with Crippen molar-refractivity contribution >= 4 is 32.8 Å². The zero-order valence-electron chi connectivity index (χ0n) is 15.0. The molecule has 3 heteroatoms. The molecule has 0 saturated carbocycles. The molecule has 6 aromatic rings. The molecular weight excluding hydrogens is 344 g/mol. The lowest BCUT2D eigenvalue weighted by molar-refractivity contribution is 0.616. The SMILES string of the molecule is c1ccc(-c2cccc(-n3c4ccccc4c4cc5occc5cc43)n2)cc1. The fourth-order valence-electron chi connectivity index (χ4n) is 3.99. The summed E-state index contributed by atoms with van der Waals surface area (Å²) in [5, 5.41) is 3.46. The van der Waals surface area contributed by atoms with E-state index in [9.17, 15) is 0 Å². The average Bonchev–Trinajstić information content (AvgIpc) is 3.34. The minimum atomic E-state index is 0.904. The minimum absolute atomic E-state index is 0.904. The number of benzene rings is 3. The Morgan fingerprint density at radius 1 is 0.679 bits per heavy atom. The van der Waals surface area contributed by atoms with Gasteiger partial charge < -0.3 is 4.42 Å². The molecule has 0 fully saturated rings. The molecule has 0 radical (unpaired) electrons. The van der Waals surface area contributed by atoms with Gasteiger partial charge >= 0.3 is 0 Å². The van der Waals surface area contributed by atoms with Crippen LogP contribution in [-0.2, 0) is 0 Å². The lowest BCUT2D eigenvalue weighted by Crippen LogP contribution is -1.98. The van der Waals surface area contributed by atoms with Crippen LogP contribution in [0.15, 0.2) is 102 Å². The number of furan rings is 1. The summed E-state index contributed by atoms with van der Waals surface area (Å²) in [6.07, 6.45) is 1.74. The first-order chi connectivity index (χ1) is 13.9. The smallest absolute Gasteiger partial charge is 0.138 e. The second-order valence-electron chi connectivity index (χ2n) is 6.93. The van der Waals surface area contributed by atoms with Crippen molar-refractivity contribution in [3.63, 3.8) is 0 Å². The first-order valence-corrected chi connectivity index (χ1v) is 9.32. The van der Waals surface area contributed by atoms with E-state index in [0.29, 0.717) is 0 Å². The maximum absolute atomic E-state index is 5.64. The third kappa shape index (κ3) is 2.20. The molecule has 0 spiro atoms. The molecule has 0 aliphatic heterocycles. The highest BCUT2D eigenvalue weighted by atomic mass is 16.3. The predicted molar refractivity (Wildman–Crippen MR) is 114 cm³/mol. The third-order valence-electron chi connectivity index (χ3n) is 5.28. The van der Waals surface area contributed by atoms with Crippen LogP contribution in [0, 0.1) is 0 Å². The van der Waals surface area contributed by atoms with Gasteiger partial charge in [-0.1, -0.05) is 54.6 Å². The standard InChI is InChI=1S/C25H16N2O/c1-2-7-17(8-3-1)21-10-6-12-25(26-21)27-22-11-5-4-9-19(22)20-16-24-18(13-14-28-24)15-23(20)27/h1-16H. The summed E-state index contributed by atoms with van der Waals surface area (Å²) in [5.41, 5.74) is 5.26. The highest BCUT2D eigenvalue weighted by molar-refractivity contribution is 6.12. The van der Waals surface area contributed by atoms with Crippen molar-refractivity contribution in [1.29, 1.82) is 0 Å². The van der Waals surface area contributed by atoms with Crippen LogP contribution in [0.2, 0.25) is 0 Å². The Hall–Kier alpha value is -3.85. The summed E-state index contributed by atoms with van der Waals surface area (Å²) in [4.78, 5) is 4.99. The molecule has 3 heterocycles. The summed E-state index contributed by atoms with van der Waals surface area (Å²) in [5.74, 6) is 0.912. The lowest BCUT2D eigenvalue weighted by atomic mass is 10.1. The maximum Gasteiger partial charge on any atom is 0.138 e. The molecule has 0 aliphatic carbocycles. The Balaban J connectivity index is 1.69. The normalized spacial score (nSPS) is 11.6. The third-order valence-corrected chi connectivity index (χ3v) is 5.28. The minimum Gasteiger partial charge on any atom is -0.464 e. The van der Waals surface area contributed by atoms with E-state index >= 15 is 0 Å². The number of nitrogens with zero attached hydrogens (tertiary/aromatic N) is 2. The number of hydrogen-bond acceptors (Lipinski definition) is 2. The topological polar surface area (TPSA) is 31.0 Å². The van der Waals surface area contributed by atoms with Crippen molar-refractivity contribution in [3.05, 3.63) is 97.3 Å². The Labute approximate surface area is 161 Å². The monoisotopic (exact) mass is 360 g/mol. The molecule has 0 bridgehead atoms. The average molecular weight is 360 g/mol. The van der Waals surface area contributed by atoms with Gasteiger partial charge in [-0.05, 0) is 36.4 Å². The van der Waals surface area contributed by atoms with Gasteiger partial charge in [-0.2, -0.15) is 0 Å². The zero-order chi connectivity index (χ0) is 18.5. The molecular formula is C25H16N2O. The van der Waals surface area contributed by atoms with Crippen molar-refractivity contribution in [2.45, 2.75) is 0 Å². The van der Waals surface area contributed by atoms with Gasteiger partial charge in [-0.15, -0.1) is 0 Å². The van der Waals surface area contributed by atoms with Crippen LogP contribution in [0.1, 0.15) is 0 Å². The number of pyridine rings is 1. The quantitative estimate of drug-likeness (QED) is 0.349. The van der Waals surface area contributed by atoms with Gasteiger partial charge in [0.05, 0.1) is 23.0 Å². The Bertz CT molecular complexity index is 1460. The van der Waals surface area contributed by atoms with E-state index in [1.165, 1.54) is 10.8 Å². The molecule has 6 rings (SSSR count). The number of fused-ring (bicyclic) bond motifs is 4. The van der Waals surface area contributed by atoms with Gasteiger partial charge in [0.25, 0.3) is 0 Å². The van der Waals surface area contributed by atoms with Crippen LogP contribution in [-0.4, -0.2) is 9.55 Å². The van der Waals surface area contributed by atoms with Gasteiger partial charge in [0, 0.05) is 21.7 Å². The summed E-state index contributed by atoms with van der Waals surface area (Å²) >= 11 is 0. The fourth-order valence-corrected chi connectivity index (χ4v) is 3.99. The molecule has 0 aliphatic rings. The second kappa shape index (κ2) is 5.83. The van der Waals surface area contributed by atoms with E-state index < -0.39 is 0 Å². The van der Waals surface area contributed by atoms with Gasteiger partial charge in [-0.3, -0.25) is 4.57 Å². The number of aromatic nitrogens is 2. The maximum atomic E-state index is 5.64. The molecule has 0 unspecified atom stereocenters. The molecule has 132 valence electrons. The molecule has 3 aromatic heterocycles. The van der Waals surface area contributed by atoms with Crippen LogP contribution >= 0.6 is 0 Å². The summed E-state index contributed by atoms with van der Waals surface area (Å²) in [6.45, 7) is 0. The molecule has 28 heavy (non-hydrogen) atoms. The van der Waals surface area contributed by atoms with Crippen LogP contribution in [0.5, 0.6) is 0 Å². The number of rotatable bonds is 2. The molecule has 0 saturated heterocycles. The zero-order valence-corrected chi connectivity index (χ0v) is 15.0. The molecule has 3 nitrogen and oxygen atoms in total. The largest absolute Gasteiger partial charge is 0.464 e. The van der Waals surface area contributed by atoms with Gasteiger partial charge in [0.15, 0.2) is 0 Å². The van der Waals surface area contributed by atoms with Crippen LogP contribution < -0.4 is 0 Å². The van der Waals surface area contributed by atoms with E-state index in [2.05, 4.69) is 71.3 Å². The van der Waals surface area contributed by atoms with E-state index in [0.717, 1.165) is 39.1 Å². The van der Waals surface area contributed by atoms with Crippen molar-refractivity contribution in [2.75, 3.05) is 0 Å². The van der Waals surface area contributed by atoms with E-state index in [1.807, 2.05) is 24.3 Å². The first kappa shape index (κ1) is 15.2. The number of para-hydroxylation sites is 1. The number of hydrogen-bond donors (Lipinski definition) is 0. The lowest BCUT2D eigenvalue weighted by Gasteiger charge is -2.09. The van der Waals surface area contributed by atoms with E-state index in [1.54, 1.807) is 6.26 Å². The van der Waals surface area contributed by atoms with Gasteiger partial charge in [0.2, 0.25) is 0 Å². The highest BCUT2D eigenvalue weighted by Gasteiger charge is 2.15. The summed E-state index contributed by atoms with van der Waals surface area (Å²) in [6, 6.07) is 31.3. The Kier molecular flexibility index (Phi) is 3.17. The van der Waals surface area contributed by atoms with Crippen molar-refractivity contribution in [3.8, 4) is 17.1 Å². The summed E-state index contributed by atoms with van der Waals surface area (Å²) < 4.78 is 7.88. The molecule has 3 aromatic carbocycles. The van der Waals surface area contributed by atoms with Gasteiger partial charge in [-0.25, -0.2) is 4.98 Å². The first-order valence-electron chi connectivity index (χ1n) is 9.32. The Morgan fingerprint density at radius 3 is 2.46 bits per heavy atom. The van der Waals surface area contributed by atoms with E-state index in [-0.39, 0.29) is 0 Å². The van der Waals surface area contributed by atoms with Crippen molar-refractivity contribution in [1.82, 2.24) is 9.55 Å². The predicted octanol–water partition coefficient (Wildman–Crippen LogP) is 6.59. The van der Waals surface area contributed by atoms with E-state index in [4.69, 9.17) is 9.40 Å². The van der Waals surface area contributed by atoms with Crippen molar-refractivity contribution < 1.29 is 4.42 Å². The summed E-state index contributed by atoms with van der Waals surface area (Å²) in [7, 11) is 0. The molecule has 0 atom stereocenters.